The molecule has 0 spiro atoms. The maximum atomic E-state index is 13.4. The molecule has 4 rings (SSSR count). The number of benzene rings is 2. The lowest BCUT2D eigenvalue weighted by Crippen LogP contribution is -2.41. The smallest absolute Gasteiger partial charge is 0.220 e. The first kappa shape index (κ1) is 22.9. The molecule has 0 saturated heterocycles. The molecule has 0 fully saturated rings. The van der Waals surface area contributed by atoms with E-state index in [1.165, 1.54) is 16.7 Å². The Hall–Kier alpha value is -3.27. The van der Waals surface area contributed by atoms with Crippen molar-refractivity contribution in [2.75, 3.05) is 0 Å². The van der Waals surface area contributed by atoms with Crippen LogP contribution in [0.2, 0.25) is 0 Å². The number of carbonyl (C=O) groups excluding carboxylic acids is 3. The summed E-state index contributed by atoms with van der Waals surface area (Å²) < 4.78 is 0. The van der Waals surface area contributed by atoms with E-state index in [4.69, 9.17) is 0 Å². The molecule has 1 amide bonds. The first-order valence-electron chi connectivity index (χ1n) is 11.9. The summed E-state index contributed by atoms with van der Waals surface area (Å²) in [6.07, 6.45) is 9.18. The summed E-state index contributed by atoms with van der Waals surface area (Å²) in [5.41, 5.74) is 7.07. The molecule has 33 heavy (non-hydrogen) atoms. The van der Waals surface area contributed by atoms with Crippen molar-refractivity contribution in [1.29, 1.82) is 0 Å². The van der Waals surface area contributed by atoms with Gasteiger partial charge in [-0.05, 0) is 59.1 Å². The van der Waals surface area contributed by atoms with Gasteiger partial charge in [-0.3, -0.25) is 9.59 Å². The van der Waals surface area contributed by atoms with Gasteiger partial charge < -0.3 is 10.1 Å². The third kappa shape index (κ3) is 5.39. The summed E-state index contributed by atoms with van der Waals surface area (Å²) in [7, 11) is 0. The van der Waals surface area contributed by atoms with Crippen LogP contribution in [0.3, 0.4) is 0 Å². The largest absolute Gasteiger partial charge is 0.346 e. The zero-order chi connectivity index (χ0) is 23.2. The third-order valence-corrected chi connectivity index (χ3v) is 6.63. The number of rotatable bonds is 11. The fourth-order valence-corrected chi connectivity index (χ4v) is 4.91. The van der Waals surface area contributed by atoms with Crippen molar-refractivity contribution in [3.8, 4) is 0 Å². The molecule has 1 N–H and O–H groups in total. The van der Waals surface area contributed by atoms with Crippen LogP contribution in [0.1, 0.15) is 61.3 Å². The lowest BCUT2D eigenvalue weighted by Gasteiger charge is -2.21. The van der Waals surface area contributed by atoms with Crippen molar-refractivity contribution in [2.24, 2.45) is 5.92 Å². The van der Waals surface area contributed by atoms with Crippen molar-refractivity contribution in [3.63, 3.8) is 0 Å². The van der Waals surface area contributed by atoms with Crippen LogP contribution < -0.4 is 5.32 Å². The van der Waals surface area contributed by atoms with Gasteiger partial charge in [0.1, 0.15) is 6.29 Å². The number of ketones is 1. The second-order valence-electron chi connectivity index (χ2n) is 9.03. The summed E-state index contributed by atoms with van der Waals surface area (Å²) >= 11 is 0. The Kier molecular flexibility index (Phi) is 7.33. The molecule has 0 heterocycles. The first-order chi connectivity index (χ1) is 16.1. The Morgan fingerprint density at radius 1 is 0.909 bits per heavy atom. The van der Waals surface area contributed by atoms with Crippen LogP contribution in [-0.4, -0.2) is 24.0 Å². The molecular weight excluding hydrogens is 410 g/mol. The molecule has 4 nitrogen and oxygen atoms in total. The molecule has 2 aromatic rings. The molecular formula is C29H31NO3. The number of hydrogen-bond acceptors (Lipinski definition) is 3. The molecule has 0 aromatic heterocycles. The highest BCUT2D eigenvalue weighted by molar-refractivity contribution is 5.92. The predicted molar refractivity (Wildman–Crippen MR) is 131 cm³/mol. The van der Waals surface area contributed by atoms with Gasteiger partial charge in [0.05, 0.1) is 6.04 Å². The summed E-state index contributed by atoms with van der Waals surface area (Å²) in [5, 5.41) is 2.95. The van der Waals surface area contributed by atoms with E-state index in [0.29, 0.717) is 19.3 Å². The van der Waals surface area contributed by atoms with Gasteiger partial charge in [0, 0.05) is 25.2 Å². The molecule has 2 aliphatic rings. The van der Waals surface area contributed by atoms with Gasteiger partial charge in [0.25, 0.3) is 0 Å². The maximum absolute atomic E-state index is 13.4. The van der Waals surface area contributed by atoms with Gasteiger partial charge >= 0.3 is 0 Å². The topological polar surface area (TPSA) is 63.2 Å². The highest BCUT2D eigenvalue weighted by atomic mass is 16.2. The van der Waals surface area contributed by atoms with Gasteiger partial charge in [0.15, 0.2) is 5.78 Å². The van der Waals surface area contributed by atoms with E-state index in [1.807, 2.05) is 31.2 Å². The summed E-state index contributed by atoms with van der Waals surface area (Å²) in [6.45, 7) is 1.95. The minimum Gasteiger partial charge on any atom is -0.346 e. The Morgan fingerprint density at radius 2 is 1.48 bits per heavy atom. The Morgan fingerprint density at radius 3 is 2.06 bits per heavy atom. The quantitative estimate of drug-likeness (QED) is 0.493. The standard InChI is InChI=1S/C29H31NO3/c1-2-7-29(33)30-27(18-24-15-13-22-9-4-6-11-26(22)24)28(32)17-20(19-31)16-23-14-12-21-8-3-5-10-25(21)23/h3-6,8-11,14-15,19-20,27H,2,7,12-13,16-18H2,1H3,(H,30,33). The van der Waals surface area contributed by atoms with Crippen molar-refractivity contribution < 1.29 is 14.4 Å². The SMILES string of the molecule is CCCC(=O)NC(CC1=CCc2ccccc21)C(=O)CC(C=O)CC1=CCc2ccccc21. The molecule has 2 aromatic carbocycles. The molecule has 170 valence electrons. The predicted octanol–water partition coefficient (Wildman–Crippen LogP) is 5.11. The number of amides is 1. The van der Waals surface area contributed by atoms with E-state index in [1.54, 1.807) is 0 Å². The molecule has 0 aliphatic heterocycles. The van der Waals surface area contributed by atoms with Gasteiger partial charge in [0.2, 0.25) is 5.91 Å². The van der Waals surface area contributed by atoms with E-state index >= 15 is 0 Å². The normalized spacial score (nSPS) is 15.7. The van der Waals surface area contributed by atoms with Gasteiger partial charge in [-0.1, -0.05) is 67.6 Å². The van der Waals surface area contributed by atoms with Crippen molar-refractivity contribution in [1.82, 2.24) is 5.32 Å². The fraction of sp³-hybridized carbons (Fsp3) is 0.345. The van der Waals surface area contributed by atoms with Crippen molar-refractivity contribution >= 4 is 29.1 Å². The summed E-state index contributed by atoms with van der Waals surface area (Å²) in [6, 6.07) is 15.8. The van der Waals surface area contributed by atoms with Crippen LogP contribution in [0, 0.1) is 5.92 Å². The average molecular weight is 442 g/mol. The van der Waals surface area contributed by atoms with Crippen molar-refractivity contribution in [3.05, 3.63) is 82.9 Å². The molecule has 0 bridgehead atoms. The highest BCUT2D eigenvalue weighted by Gasteiger charge is 2.28. The van der Waals surface area contributed by atoms with Crippen LogP contribution in [0.15, 0.2) is 60.7 Å². The van der Waals surface area contributed by atoms with Gasteiger partial charge in [-0.2, -0.15) is 0 Å². The van der Waals surface area contributed by atoms with Gasteiger partial charge in [-0.15, -0.1) is 0 Å². The summed E-state index contributed by atoms with van der Waals surface area (Å²) in [5.74, 6) is -0.586. The van der Waals surface area contributed by atoms with Crippen LogP contribution in [-0.2, 0) is 27.2 Å². The number of Topliss-reactive ketones (excluding diaryl/α,β-unsaturated/α-hetero) is 1. The second kappa shape index (κ2) is 10.6. The van der Waals surface area contributed by atoms with E-state index in [9.17, 15) is 14.4 Å². The number of nitrogens with one attached hydrogen (secondary N) is 1. The highest BCUT2D eigenvalue weighted by Crippen LogP contribution is 2.34. The maximum Gasteiger partial charge on any atom is 0.220 e. The van der Waals surface area contributed by atoms with Crippen molar-refractivity contribution in [2.45, 2.75) is 57.9 Å². The number of aldehydes is 1. The minimum atomic E-state index is -0.617. The van der Waals surface area contributed by atoms with Gasteiger partial charge in [-0.25, -0.2) is 0 Å². The van der Waals surface area contributed by atoms with E-state index in [-0.39, 0.29) is 18.1 Å². The zero-order valence-electron chi connectivity index (χ0n) is 19.2. The molecule has 2 unspecified atom stereocenters. The van der Waals surface area contributed by atoms with E-state index in [0.717, 1.165) is 42.3 Å². The van der Waals surface area contributed by atoms with E-state index in [2.05, 4.69) is 41.7 Å². The van der Waals surface area contributed by atoms with Crippen LogP contribution in [0.4, 0.5) is 0 Å². The number of hydrogen-bond donors (Lipinski definition) is 1. The Labute approximate surface area is 195 Å². The Balaban J connectivity index is 1.46. The fourth-order valence-electron chi connectivity index (χ4n) is 4.91. The lowest BCUT2D eigenvalue weighted by atomic mass is 9.89. The third-order valence-electron chi connectivity index (χ3n) is 6.63. The molecule has 2 aliphatic carbocycles. The number of fused-ring (bicyclic) bond motifs is 2. The van der Waals surface area contributed by atoms with Crippen LogP contribution >= 0.6 is 0 Å². The molecule has 0 radical (unpaired) electrons. The molecule has 0 saturated carbocycles. The monoisotopic (exact) mass is 441 g/mol. The van der Waals surface area contributed by atoms with Crippen LogP contribution in [0.5, 0.6) is 0 Å². The zero-order valence-corrected chi connectivity index (χ0v) is 19.2. The summed E-state index contributed by atoms with van der Waals surface area (Å²) in [4.78, 5) is 37.7. The minimum absolute atomic E-state index is 0.0753. The number of allylic oxidation sites excluding steroid dienone is 3. The van der Waals surface area contributed by atoms with Crippen LogP contribution in [0.25, 0.3) is 11.1 Å². The van der Waals surface area contributed by atoms with E-state index < -0.39 is 12.0 Å². The second-order valence-corrected chi connectivity index (χ2v) is 9.03. The number of carbonyl (C=O) groups is 3. The molecule has 4 heteroatoms. The Bertz CT molecular complexity index is 1110. The lowest BCUT2D eigenvalue weighted by molar-refractivity contribution is -0.128. The first-order valence-corrected chi connectivity index (χ1v) is 11.9. The average Bonchev–Trinajstić information content (AvgIpc) is 3.42. The molecule has 2 atom stereocenters.